The van der Waals surface area contributed by atoms with Crippen LogP contribution in [-0.4, -0.2) is 11.1 Å². The van der Waals surface area contributed by atoms with Crippen molar-refractivity contribution in [3.8, 4) is 0 Å². The van der Waals surface area contributed by atoms with E-state index >= 15 is 0 Å². The minimum atomic E-state index is -0.474. The predicted molar refractivity (Wildman–Crippen MR) is 96.9 cm³/mol. The first-order chi connectivity index (χ1) is 10.4. The number of aliphatic hydroxyl groups is 1. The number of urea groups is 1. The highest BCUT2D eigenvalue weighted by molar-refractivity contribution is 9.11. The monoisotopic (exact) mass is 466 g/mol. The number of hydrogen-bond acceptors (Lipinski definition) is 2. The van der Waals surface area contributed by atoms with Crippen LogP contribution >= 0.6 is 55.1 Å². The molecule has 8 heteroatoms. The molecule has 2 aromatic carbocycles. The Balaban J connectivity index is 2.19. The van der Waals surface area contributed by atoms with Crippen LogP contribution in [0.1, 0.15) is 5.56 Å². The van der Waals surface area contributed by atoms with Crippen molar-refractivity contribution in [2.75, 3.05) is 10.6 Å². The minimum absolute atomic E-state index is 0.216. The van der Waals surface area contributed by atoms with Crippen LogP contribution in [0.25, 0.3) is 0 Å². The second-order valence-electron chi connectivity index (χ2n) is 4.31. The van der Waals surface area contributed by atoms with Crippen molar-refractivity contribution in [1.82, 2.24) is 0 Å². The largest absolute Gasteiger partial charge is 0.392 e. The van der Waals surface area contributed by atoms with Crippen LogP contribution in [0.3, 0.4) is 0 Å². The smallest absolute Gasteiger partial charge is 0.323 e. The summed E-state index contributed by atoms with van der Waals surface area (Å²) < 4.78 is 1.45. The third-order valence-electron chi connectivity index (χ3n) is 2.69. The van der Waals surface area contributed by atoms with Gasteiger partial charge >= 0.3 is 6.03 Å². The summed E-state index contributed by atoms with van der Waals surface area (Å²) in [5.41, 5.74) is 1.52. The predicted octanol–water partition coefficient (Wildman–Crippen LogP) is 5.65. The van der Waals surface area contributed by atoms with Crippen LogP contribution in [0.15, 0.2) is 39.3 Å². The Hall–Kier alpha value is -0.790. The van der Waals surface area contributed by atoms with Gasteiger partial charge in [-0.2, -0.15) is 0 Å². The number of rotatable bonds is 3. The Labute approximate surface area is 154 Å². The molecule has 0 unspecified atom stereocenters. The van der Waals surface area contributed by atoms with Gasteiger partial charge in [-0.25, -0.2) is 4.79 Å². The molecule has 2 amide bonds. The van der Waals surface area contributed by atoms with E-state index < -0.39 is 6.03 Å². The third-order valence-corrected chi connectivity index (χ3v) is 4.29. The first-order valence-electron chi connectivity index (χ1n) is 6.02. The zero-order valence-corrected chi connectivity index (χ0v) is 15.6. The number of aliphatic hydroxyl groups excluding tert-OH is 1. The van der Waals surface area contributed by atoms with Gasteiger partial charge in [0, 0.05) is 30.2 Å². The summed E-state index contributed by atoms with van der Waals surface area (Å²) in [5, 5.41) is 15.6. The molecule has 2 aromatic rings. The van der Waals surface area contributed by atoms with Gasteiger partial charge in [0.25, 0.3) is 0 Å². The maximum atomic E-state index is 12.1. The van der Waals surface area contributed by atoms with E-state index in [2.05, 4.69) is 42.5 Å². The van der Waals surface area contributed by atoms with Gasteiger partial charge < -0.3 is 15.7 Å². The number of benzene rings is 2. The Kier molecular flexibility index (Phi) is 6.11. The zero-order chi connectivity index (χ0) is 16.3. The number of anilines is 2. The van der Waals surface area contributed by atoms with Crippen molar-refractivity contribution >= 4 is 72.5 Å². The molecule has 0 fully saturated rings. The molecule has 0 bridgehead atoms. The molecule has 0 aromatic heterocycles. The molecular weight excluding hydrogens is 459 g/mol. The van der Waals surface area contributed by atoms with E-state index in [1.165, 1.54) is 0 Å². The number of amides is 2. The standard InChI is InChI=1S/C14H10Br2Cl2N2O2/c15-7-1-12(16)11(6-21)13(2-7)20-14(22)19-10-4-8(17)3-9(18)5-10/h1-5,21H,6H2,(H2,19,20,22). The van der Waals surface area contributed by atoms with Gasteiger partial charge in [-0.15, -0.1) is 0 Å². The summed E-state index contributed by atoms with van der Waals surface area (Å²) in [6, 6.07) is 7.74. The number of halogens is 4. The van der Waals surface area contributed by atoms with Crippen LogP contribution in [0.4, 0.5) is 16.2 Å². The molecule has 3 N–H and O–H groups in total. The Morgan fingerprint density at radius 1 is 1.05 bits per heavy atom. The second kappa shape index (κ2) is 7.66. The van der Waals surface area contributed by atoms with E-state index in [4.69, 9.17) is 23.2 Å². The quantitative estimate of drug-likeness (QED) is 0.544. The van der Waals surface area contributed by atoms with Crippen molar-refractivity contribution < 1.29 is 9.90 Å². The minimum Gasteiger partial charge on any atom is -0.392 e. The summed E-state index contributed by atoms with van der Waals surface area (Å²) >= 11 is 18.4. The van der Waals surface area contributed by atoms with E-state index in [-0.39, 0.29) is 6.61 Å². The molecule has 0 heterocycles. The molecule has 0 radical (unpaired) electrons. The molecule has 116 valence electrons. The lowest BCUT2D eigenvalue weighted by atomic mass is 10.2. The molecule has 0 saturated heterocycles. The average molecular weight is 469 g/mol. The van der Waals surface area contributed by atoms with E-state index in [1.807, 2.05) is 0 Å². The van der Waals surface area contributed by atoms with Crippen LogP contribution in [-0.2, 0) is 6.61 Å². The second-order valence-corrected chi connectivity index (χ2v) is 6.95. The number of nitrogens with one attached hydrogen (secondary N) is 2. The van der Waals surface area contributed by atoms with Gasteiger partial charge in [-0.3, -0.25) is 0 Å². The van der Waals surface area contributed by atoms with Crippen LogP contribution in [0.5, 0.6) is 0 Å². The van der Waals surface area contributed by atoms with Gasteiger partial charge in [-0.05, 0) is 30.3 Å². The van der Waals surface area contributed by atoms with Crippen molar-refractivity contribution in [2.24, 2.45) is 0 Å². The number of carbonyl (C=O) groups is 1. The molecule has 0 atom stereocenters. The van der Waals surface area contributed by atoms with E-state index in [0.29, 0.717) is 31.5 Å². The molecule has 0 spiro atoms. The van der Waals surface area contributed by atoms with E-state index in [0.717, 1.165) is 4.47 Å². The fourth-order valence-corrected chi connectivity index (χ4v) is 3.66. The molecule has 22 heavy (non-hydrogen) atoms. The van der Waals surface area contributed by atoms with Crippen molar-refractivity contribution in [3.63, 3.8) is 0 Å². The summed E-state index contributed by atoms with van der Waals surface area (Å²) in [7, 11) is 0. The summed E-state index contributed by atoms with van der Waals surface area (Å²) in [6.45, 7) is -0.216. The molecule has 0 aliphatic rings. The first-order valence-corrected chi connectivity index (χ1v) is 8.36. The van der Waals surface area contributed by atoms with Crippen LogP contribution in [0.2, 0.25) is 10.0 Å². The molecular formula is C14H10Br2Cl2N2O2. The van der Waals surface area contributed by atoms with Gasteiger partial charge in [0.15, 0.2) is 0 Å². The molecule has 0 aliphatic carbocycles. The molecule has 4 nitrogen and oxygen atoms in total. The van der Waals surface area contributed by atoms with Gasteiger partial charge in [0.05, 0.1) is 12.3 Å². The maximum absolute atomic E-state index is 12.1. The fourth-order valence-electron chi connectivity index (χ4n) is 1.79. The normalized spacial score (nSPS) is 10.4. The number of carbonyl (C=O) groups excluding carboxylic acids is 1. The Morgan fingerprint density at radius 2 is 1.68 bits per heavy atom. The van der Waals surface area contributed by atoms with E-state index in [1.54, 1.807) is 30.3 Å². The highest BCUT2D eigenvalue weighted by atomic mass is 79.9. The van der Waals surface area contributed by atoms with Gasteiger partial charge in [-0.1, -0.05) is 55.1 Å². The topological polar surface area (TPSA) is 61.4 Å². The Morgan fingerprint density at radius 3 is 2.27 bits per heavy atom. The summed E-state index contributed by atoms with van der Waals surface area (Å²) in [6.07, 6.45) is 0. The van der Waals surface area contributed by atoms with Crippen LogP contribution < -0.4 is 10.6 Å². The van der Waals surface area contributed by atoms with Crippen molar-refractivity contribution in [3.05, 3.63) is 54.9 Å². The Bertz CT molecular complexity index is 706. The lowest BCUT2D eigenvalue weighted by Gasteiger charge is -2.13. The highest BCUT2D eigenvalue weighted by Gasteiger charge is 2.11. The lowest BCUT2D eigenvalue weighted by Crippen LogP contribution is -2.20. The van der Waals surface area contributed by atoms with Crippen molar-refractivity contribution in [1.29, 1.82) is 0 Å². The van der Waals surface area contributed by atoms with Gasteiger partial charge in [0.2, 0.25) is 0 Å². The first kappa shape index (κ1) is 17.6. The summed E-state index contributed by atoms with van der Waals surface area (Å²) in [5.74, 6) is 0. The van der Waals surface area contributed by atoms with E-state index in [9.17, 15) is 9.90 Å². The SMILES string of the molecule is O=C(Nc1cc(Cl)cc(Cl)c1)Nc1cc(Br)cc(Br)c1CO. The summed E-state index contributed by atoms with van der Waals surface area (Å²) in [4.78, 5) is 12.1. The zero-order valence-electron chi connectivity index (χ0n) is 11.0. The molecule has 2 rings (SSSR count). The maximum Gasteiger partial charge on any atom is 0.323 e. The molecule has 0 saturated carbocycles. The van der Waals surface area contributed by atoms with Crippen LogP contribution in [0, 0.1) is 0 Å². The highest BCUT2D eigenvalue weighted by Crippen LogP contribution is 2.30. The lowest BCUT2D eigenvalue weighted by molar-refractivity contribution is 0.262. The third kappa shape index (κ3) is 4.60. The molecule has 0 aliphatic heterocycles. The number of hydrogen-bond donors (Lipinski definition) is 3. The van der Waals surface area contributed by atoms with Gasteiger partial charge in [0.1, 0.15) is 0 Å². The van der Waals surface area contributed by atoms with Crippen molar-refractivity contribution in [2.45, 2.75) is 6.61 Å². The average Bonchev–Trinajstić information content (AvgIpc) is 2.36. The fraction of sp³-hybridized carbons (Fsp3) is 0.0714.